The molecule has 7 nitrogen and oxygen atoms in total. The van der Waals surface area contributed by atoms with Gasteiger partial charge in [0.1, 0.15) is 12.2 Å². The summed E-state index contributed by atoms with van der Waals surface area (Å²) >= 11 is 0. The van der Waals surface area contributed by atoms with Crippen molar-refractivity contribution in [2.24, 2.45) is 34.5 Å². The molecule has 2 saturated carbocycles. The predicted octanol–water partition coefficient (Wildman–Crippen LogP) is 2.62. The normalized spacial score (nSPS) is 34.9. The third-order valence-electron chi connectivity index (χ3n) is 6.93. The molecule has 0 aromatic rings. The van der Waals surface area contributed by atoms with Crippen LogP contribution in [0.2, 0.25) is 0 Å². The number of carbonyl (C=O) groups is 3. The number of fused-ring (bicyclic) bond motifs is 1. The van der Waals surface area contributed by atoms with E-state index in [2.05, 4.69) is 6.07 Å². The van der Waals surface area contributed by atoms with E-state index >= 15 is 0 Å². The number of nitriles is 1. The molecular weight excluding hydrogens is 362 g/mol. The summed E-state index contributed by atoms with van der Waals surface area (Å²) in [5, 5.41) is 9.42. The van der Waals surface area contributed by atoms with E-state index in [1.54, 1.807) is 0 Å². The fourth-order valence-electron chi connectivity index (χ4n) is 5.17. The highest BCUT2D eigenvalue weighted by atomic mass is 16.6. The van der Waals surface area contributed by atoms with Crippen molar-refractivity contribution >= 4 is 17.9 Å². The highest BCUT2D eigenvalue weighted by Gasteiger charge is 2.72. The Hall–Kier alpha value is -2.10. The van der Waals surface area contributed by atoms with Crippen molar-refractivity contribution in [2.75, 3.05) is 6.61 Å². The van der Waals surface area contributed by atoms with E-state index in [0.717, 1.165) is 0 Å². The summed E-state index contributed by atoms with van der Waals surface area (Å²) in [6, 6.07) is 2.12. The molecule has 3 rings (SSSR count). The van der Waals surface area contributed by atoms with Gasteiger partial charge in [0.15, 0.2) is 12.0 Å². The predicted molar refractivity (Wildman–Crippen MR) is 97.4 cm³/mol. The molecule has 1 heterocycles. The lowest BCUT2D eigenvalue weighted by atomic mass is 9.73. The fraction of sp³-hybridized carbons (Fsp3) is 0.810. The van der Waals surface area contributed by atoms with E-state index in [-0.39, 0.29) is 17.8 Å². The van der Waals surface area contributed by atoms with Gasteiger partial charge in [0.05, 0.1) is 11.5 Å². The van der Waals surface area contributed by atoms with E-state index in [0.29, 0.717) is 25.2 Å². The molecule has 0 N–H and O–H groups in total. The maximum atomic E-state index is 12.6. The average molecular weight is 391 g/mol. The van der Waals surface area contributed by atoms with Crippen LogP contribution >= 0.6 is 0 Å². The largest absolute Gasteiger partial charge is 0.457 e. The SMILES string of the molecule is CC(C)CC(C)(C(=O)OCC(=O)OC1C2CC3C1OC(=O)C3(C#N)C2)C(C)C. The molecule has 2 aliphatic carbocycles. The van der Waals surface area contributed by atoms with E-state index in [1.807, 2.05) is 34.6 Å². The van der Waals surface area contributed by atoms with E-state index in [9.17, 15) is 19.6 Å². The first-order valence-corrected chi connectivity index (χ1v) is 10.0. The van der Waals surface area contributed by atoms with E-state index in [1.165, 1.54) is 0 Å². The highest BCUT2D eigenvalue weighted by molar-refractivity contribution is 5.85. The lowest BCUT2D eigenvalue weighted by Gasteiger charge is -2.33. The molecule has 0 spiro atoms. The Balaban J connectivity index is 1.57. The van der Waals surface area contributed by atoms with Crippen LogP contribution in [0.5, 0.6) is 0 Å². The van der Waals surface area contributed by atoms with Crippen LogP contribution in [0.1, 0.15) is 53.9 Å². The molecule has 7 heteroatoms. The molecule has 2 bridgehead atoms. The summed E-state index contributed by atoms with van der Waals surface area (Å²) in [6.07, 6.45) is 0.547. The zero-order chi connectivity index (χ0) is 20.9. The zero-order valence-corrected chi connectivity index (χ0v) is 17.2. The minimum absolute atomic E-state index is 0.0670. The molecule has 6 unspecified atom stereocenters. The number of esters is 3. The molecule has 1 aliphatic heterocycles. The molecule has 154 valence electrons. The molecule has 0 aromatic heterocycles. The second kappa shape index (κ2) is 7.06. The second-order valence-electron chi connectivity index (χ2n) is 9.46. The average Bonchev–Trinajstić information content (AvgIpc) is 3.20. The van der Waals surface area contributed by atoms with Crippen molar-refractivity contribution in [3.05, 3.63) is 0 Å². The maximum Gasteiger partial charge on any atom is 0.344 e. The molecule has 0 aromatic carbocycles. The van der Waals surface area contributed by atoms with Crippen molar-refractivity contribution in [3.63, 3.8) is 0 Å². The maximum absolute atomic E-state index is 12.6. The van der Waals surface area contributed by atoms with Gasteiger partial charge in [-0.15, -0.1) is 0 Å². The second-order valence-corrected chi connectivity index (χ2v) is 9.46. The molecule has 1 saturated heterocycles. The third kappa shape index (κ3) is 3.07. The van der Waals surface area contributed by atoms with Crippen LogP contribution in [0.3, 0.4) is 0 Å². The molecule has 28 heavy (non-hydrogen) atoms. The van der Waals surface area contributed by atoms with Gasteiger partial charge in [-0.3, -0.25) is 9.59 Å². The number of rotatable bonds is 7. The smallest absolute Gasteiger partial charge is 0.344 e. The Morgan fingerprint density at radius 3 is 2.61 bits per heavy atom. The van der Waals surface area contributed by atoms with Gasteiger partial charge in [0.2, 0.25) is 0 Å². The van der Waals surface area contributed by atoms with Gasteiger partial charge < -0.3 is 14.2 Å². The number of hydrogen-bond acceptors (Lipinski definition) is 7. The van der Waals surface area contributed by atoms with Gasteiger partial charge in [-0.2, -0.15) is 5.26 Å². The van der Waals surface area contributed by atoms with Crippen molar-refractivity contribution < 1.29 is 28.6 Å². The summed E-state index contributed by atoms with van der Waals surface area (Å²) < 4.78 is 16.2. The van der Waals surface area contributed by atoms with Crippen LogP contribution < -0.4 is 0 Å². The van der Waals surface area contributed by atoms with E-state index < -0.39 is 47.6 Å². The van der Waals surface area contributed by atoms with Gasteiger partial charge in [-0.1, -0.05) is 27.7 Å². The van der Waals surface area contributed by atoms with Crippen LogP contribution in [0.4, 0.5) is 0 Å². The molecule has 0 amide bonds. The van der Waals surface area contributed by atoms with Gasteiger partial charge in [0, 0.05) is 11.8 Å². The first-order chi connectivity index (χ1) is 13.0. The van der Waals surface area contributed by atoms with Gasteiger partial charge in [-0.05, 0) is 38.0 Å². The van der Waals surface area contributed by atoms with Crippen molar-refractivity contribution in [1.29, 1.82) is 5.26 Å². The fourth-order valence-corrected chi connectivity index (χ4v) is 5.17. The van der Waals surface area contributed by atoms with Crippen LogP contribution in [-0.4, -0.2) is 36.7 Å². The number of carbonyl (C=O) groups excluding carboxylic acids is 3. The lowest BCUT2D eigenvalue weighted by Crippen LogP contribution is -2.41. The Kier molecular flexibility index (Phi) is 5.20. The standard InChI is InChI=1S/C21H29NO6/c1-11(2)7-20(5,12(3)4)18(24)26-9-15(23)27-16-13-6-14-17(16)28-19(25)21(14,8-13)10-22/h11-14,16-17H,6-9H2,1-5H3. The Morgan fingerprint density at radius 2 is 2.04 bits per heavy atom. The molecular formula is C21H29NO6. The number of nitrogens with zero attached hydrogens (tertiary/aromatic N) is 1. The third-order valence-corrected chi connectivity index (χ3v) is 6.93. The molecule has 3 aliphatic rings. The van der Waals surface area contributed by atoms with E-state index in [4.69, 9.17) is 14.2 Å². The summed E-state index contributed by atoms with van der Waals surface area (Å²) in [5.74, 6) is -1.45. The minimum Gasteiger partial charge on any atom is -0.457 e. The Labute approximate surface area is 165 Å². The number of hydrogen-bond donors (Lipinski definition) is 0. The number of ether oxygens (including phenoxy) is 3. The highest BCUT2D eigenvalue weighted by Crippen LogP contribution is 2.62. The van der Waals surface area contributed by atoms with Crippen LogP contribution in [-0.2, 0) is 28.6 Å². The molecule has 0 radical (unpaired) electrons. The van der Waals surface area contributed by atoms with Gasteiger partial charge in [0.25, 0.3) is 0 Å². The van der Waals surface area contributed by atoms with Crippen molar-refractivity contribution in [3.8, 4) is 6.07 Å². The van der Waals surface area contributed by atoms with Crippen LogP contribution in [0, 0.1) is 45.8 Å². The Bertz CT molecular complexity index is 725. The minimum atomic E-state index is -1.07. The summed E-state index contributed by atoms with van der Waals surface area (Å²) in [7, 11) is 0. The molecule has 3 fully saturated rings. The first kappa shape index (κ1) is 20.6. The quantitative estimate of drug-likeness (QED) is 0.485. The topological polar surface area (TPSA) is 103 Å². The van der Waals surface area contributed by atoms with Gasteiger partial charge >= 0.3 is 17.9 Å². The van der Waals surface area contributed by atoms with Crippen molar-refractivity contribution in [2.45, 2.75) is 66.1 Å². The van der Waals surface area contributed by atoms with Crippen LogP contribution in [0.15, 0.2) is 0 Å². The summed E-state index contributed by atoms with van der Waals surface area (Å²) in [5.41, 5.74) is -1.74. The molecule has 6 atom stereocenters. The lowest BCUT2D eigenvalue weighted by molar-refractivity contribution is -0.174. The van der Waals surface area contributed by atoms with Crippen LogP contribution in [0.25, 0.3) is 0 Å². The summed E-state index contributed by atoms with van der Waals surface area (Å²) in [6.45, 7) is 9.42. The summed E-state index contributed by atoms with van der Waals surface area (Å²) in [4.78, 5) is 37.0. The monoisotopic (exact) mass is 391 g/mol. The van der Waals surface area contributed by atoms with Crippen molar-refractivity contribution in [1.82, 2.24) is 0 Å². The Morgan fingerprint density at radius 1 is 1.36 bits per heavy atom. The first-order valence-electron chi connectivity index (χ1n) is 10.0. The zero-order valence-electron chi connectivity index (χ0n) is 17.2. The van der Waals surface area contributed by atoms with Gasteiger partial charge in [-0.25, -0.2) is 4.79 Å².